The van der Waals surface area contributed by atoms with E-state index in [1.807, 2.05) is 32.0 Å². The first-order valence-corrected chi connectivity index (χ1v) is 10.6. The second-order valence-electron chi connectivity index (χ2n) is 7.83. The van der Waals surface area contributed by atoms with Crippen LogP contribution in [0.25, 0.3) is 11.1 Å². The van der Waals surface area contributed by atoms with E-state index in [1.165, 1.54) is 12.1 Å². The zero-order chi connectivity index (χ0) is 24.9. The van der Waals surface area contributed by atoms with E-state index >= 15 is 0 Å². The number of ether oxygens (including phenoxy) is 1. The minimum absolute atomic E-state index is 0.0468. The zero-order valence-electron chi connectivity index (χ0n) is 18.6. The number of aryl methyl sites for hydroxylation is 1. The highest BCUT2D eigenvalue weighted by Gasteiger charge is 2.30. The average molecular weight is 471 g/mol. The fourth-order valence-corrected chi connectivity index (χ4v) is 3.50. The number of rotatable bonds is 8. The molecule has 3 aromatic carbocycles. The van der Waals surface area contributed by atoms with Gasteiger partial charge in [0.1, 0.15) is 11.9 Å². The Bertz CT molecular complexity index is 1160. The van der Waals surface area contributed by atoms with Crippen molar-refractivity contribution >= 4 is 11.9 Å². The van der Waals surface area contributed by atoms with Crippen molar-refractivity contribution in [3.63, 3.8) is 0 Å². The molecule has 0 spiro atoms. The van der Waals surface area contributed by atoms with Gasteiger partial charge in [0, 0.05) is 12.1 Å². The number of hydrogen-bond donors (Lipinski definition) is 2. The smallest absolute Gasteiger partial charge is 0.416 e. The highest BCUT2D eigenvalue weighted by molar-refractivity contribution is 5.94. The van der Waals surface area contributed by atoms with Crippen LogP contribution in [0, 0.1) is 6.92 Å². The first-order valence-electron chi connectivity index (χ1n) is 10.6. The summed E-state index contributed by atoms with van der Waals surface area (Å²) >= 11 is 0. The van der Waals surface area contributed by atoms with Gasteiger partial charge in [-0.2, -0.15) is 13.2 Å². The Morgan fingerprint density at radius 3 is 2.15 bits per heavy atom. The molecule has 0 bridgehead atoms. The summed E-state index contributed by atoms with van der Waals surface area (Å²) in [4.78, 5) is 22.6. The fourth-order valence-electron chi connectivity index (χ4n) is 3.50. The van der Waals surface area contributed by atoms with Gasteiger partial charge in [0.05, 0.1) is 12.0 Å². The molecule has 0 saturated carbocycles. The second-order valence-corrected chi connectivity index (χ2v) is 7.83. The van der Waals surface area contributed by atoms with Crippen LogP contribution in [0.3, 0.4) is 0 Å². The SMILES string of the molecule is Cc1cc(-c2ccc(C(F)(F)F)cc2)ccc1C(C)Oc1ccc(C(=O)NCCC(=O)O)cc1. The molecule has 5 nitrogen and oxygen atoms in total. The summed E-state index contributed by atoms with van der Waals surface area (Å²) in [5, 5.41) is 11.2. The van der Waals surface area contributed by atoms with Gasteiger partial charge in [-0.15, -0.1) is 0 Å². The second kappa shape index (κ2) is 10.4. The molecule has 0 fully saturated rings. The minimum atomic E-state index is -4.37. The summed E-state index contributed by atoms with van der Waals surface area (Å²) in [6, 6.07) is 17.2. The van der Waals surface area contributed by atoms with Crippen molar-refractivity contribution in [2.75, 3.05) is 6.54 Å². The molecule has 34 heavy (non-hydrogen) atoms. The van der Waals surface area contributed by atoms with Crippen LogP contribution in [0.4, 0.5) is 13.2 Å². The molecule has 0 aliphatic rings. The number of hydrogen-bond acceptors (Lipinski definition) is 3. The molecule has 1 atom stereocenters. The van der Waals surface area contributed by atoms with Crippen LogP contribution >= 0.6 is 0 Å². The molecule has 0 saturated heterocycles. The van der Waals surface area contributed by atoms with E-state index in [-0.39, 0.29) is 25.0 Å². The Morgan fingerprint density at radius 1 is 0.971 bits per heavy atom. The van der Waals surface area contributed by atoms with Gasteiger partial charge in [-0.05, 0) is 72.5 Å². The molecule has 0 aliphatic heterocycles. The van der Waals surface area contributed by atoms with Gasteiger partial charge in [0.2, 0.25) is 0 Å². The Labute approximate surface area is 195 Å². The van der Waals surface area contributed by atoms with Gasteiger partial charge in [0.15, 0.2) is 0 Å². The summed E-state index contributed by atoms with van der Waals surface area (Å²) in [6.45, 7) is 3.84. The van der Waals surface area contributed by atoms with Crippen LogP contribution in [-0.2, 0) is 11.0 Å². The van der Waals surface area contributed by atoms with Gasteiger partial charge in [-0.3, -0.25) is 9.59 Å². The molecular weight excluding hydrogens is 447 g/mol. The first-order chi connectivity index (χ1) is 16.0. The number of benzene rings is 3. The fraction of sp³-hybridized carbons (Fsp3) is 0.231. The molecule has 8 heteroatoms. The van der Waals surface area contributed by atoms with E-state index in [9.17, 15) is 22.8 Å². The van der Waals surface area contributed by atoms with E-state index in [2.05, 4.69) is 5.32 Å². The number of halogens is 3. The highest BCUT2D eigenvalue weighted by atomic mass is 19.4. The Hall–Kier alpha value is -3.81. The summed E-state index contributed by atoms with van der Waals surface area (Å²) < 4.78 is 44.4. The lowest BCUT2D eigenvalue weighted by Gasteiger charge is -2.18. The summed E-state index contributed by atoms with van der Waals surface area (Å²) in [5.74, 6) is -0.794. The zero-order valence-corrected chi connectivity index (χ0v) is 18.6. The molecule has 1 amide bonds. The molecule has 0 heterocycles. The van der Waals surface area contributed by atoms with Crippen molar-refractivity contribution in [2.24, 2.45) is 0 Å². The molecule has 1 unspecified atom stereocenters. The van der Waals surface area contributed by atoms with Gasteiger partial charge in [0.25, 0.3) is 5.91 Å². The summed E-state index contributed by atoms with van der Waals surface area (Å²) in [7, 11) is 0. The van der Waals surface area contributed by atoms with Crippen LogP contribution in [0.5, 0.6) is 5.75 Å². The maximum absolute atomic E-state index is 12.8. The number of carboxylic acid groups (broad SMARTS) is 1. The lowest BCUT2D eigenvalue weighted by molar-refractivity contribution is -0.138. The largest absolute Gasteiger partial charge is 0.486 e. The van der Waals surface area contributed by atoms with E-state index < -0.39 is 17.7 Å². The predicted molar refractivity (Wildman–Crippen MR) is 122 cm³/mol. The standard InChI is InChI=1S/C26H24F3NO4/c1-16-15-20(18-3-8-21(9-4-18)26(27,28)29)7-12-23(16)17(2)34-22-10-5-19(6-11-22)25(33)30-14-13-24(31)32/h3-12,15,17H,13-14H2,1-2H3,(H,30,33)(H,31,32). The lowest BCUT2D eigenvalue weighted by Crippen LogP contribution is -2.25. The number of alkyl halides is 3. The number of carbonyl (C=O) groups excluding carboxylic acids is 1. The molecule has 0 radical (unpaired) electrons. The quantitative estimate of drug-likeness (QED) is 0.421. The van der Waals surface area contributed by atoms with Crippen LogP contribution in [0.2, 0.25) is 0 Å². The molecule has 3 rings (SSSR count). The van der Waals surface area contributed by atoms with Crippen molar-refractivity contribution in [3.05, 3.63) is 89.0 Å². The van der Waals surface area contributed by atoms with Crippen molar-refractivity contribution in [2.45, 2.75) is 32.5 Å². The van der Waals surface area contributed by atoms with Crippen LogP contribution in [0.15, 0.2) is 66.7 Å². The molecule has 0 aromatic heterocycles. The minimum Gasteiger partial charge on any atom is -0.486 e. The Morgan fingerprint density at radius 2 is 1.59 bits per heavy atom. The Kier molecular flexibility index (Phi) is 7.61. The molecule has 0 aliphatic carbocycles. The Balaban J connectivity index is 1.65. The van der Waals surface area contributed by atoms with Crippen molar-refractivity contribution in [3.8, 4) is 16.9 Å². The lowest BCUT2D eigenvalue weighted by atomic mass is 9.97. The summed E-state index contributed by atoms with van der Waals surface area (Å²) in [6.07, 6.45) is -4.83. The van der Waals surface area contributed by atoms with E-state index in [4.69, 9.17) is 9.84 Å². The monoisotopic (exact) mass is 471 g/mol. The van der Waals surface area contributed by atoms with Gasteiger partial charge in [-0.25, -0.2) is 0 Å². The molecule has 178 valence electrons. The van der Waals surface area contributed by atoms with Crippen molar-refractivity contribution in [1.82, 2.24) is 5.32 Å². The predicted octanol–water partition coefficient (Wildman–Crippen LogP) is 6.03. The number of aliphatic carboxylic acids is 1. The van der Waals surface area contributed by atoms with E-state index in [0.717, 1.165) is 28.8 Å². The maximum atomic E-state index is 12.8. The summed E-state index contributed by atoms with van der Waals surface area (Å²) in [5.41, 5.74) is 3.05. The normalized spacial score (nSPS) is 12.1. The van der Waals surface area contributed by atoms with Crippen LogP contribution in [0.1, 0.15) is 46.5 Å². The highest BCUT2D eigenvalue weighted by Crippen LogP contribution is 2.32. The van der Waals surface area contributed by atoms with E-state index in [1.54, 1.807) is 24.3 Å². The first kappa shape index (κ1) is 24.8. The van der Waals surface area contributed by atoms with Gasteiger partial charge < -0.3 is 15.2 Å². The number of carbonyl (C=O) groups is 2. The van der Waals surface area contributed by atoms with Gasteiger partial charge >= 0.3 is 12.1 Å². The third kappa shape index (κ3) is 6.37. The maximum Gasteiger partial charge on any atom is 0.416 e. The average Bonchev–Trinajstić information content (AvgIpc) is 2.78. The third-order valence-corrected chi connectivity index (χ3v) is 5.31. The van der Waals surface area contributed by atoms with E-state index in [0.29, 0.717) is 16.9 Å². The molecule has 3 aromatic rings. The van der Waals surface area contributed by atoms with Crippen molar-refractivity contribution in [1.29, 1.82) is 0 Å². The third-order valence-electron chi connectivity index (χ3n) is 5.31. The molecule has 2 N–H and O–H groups in total. The van der Waals surface area contributed by atoms with Crippen LogP contribution < -0.4 is 10.1 Å². The van der Waals surface area contributed by atoms with Crippen molar-refractivity contribution < 1.29 is 32.6 Å². The number of nitrogens with one attached hydrogen (secondary N) is 1. The molecular formula is C26H24F3NO4. The van der Waals surface area contributed by atoms with Gasteiger partial charge in [-0.1, -0.05) is 30.3 Å². The van der Waals surface area contributed by atoms with Crippen LogP contribution in [-0.4, -0.2) is 23.5 Å². The number of carboxylic acids is 1. The topological polar surface area (TPSA) is 75.6 Å². The number of amides is 1.